The van der Waals surface area contributed by atoms with Gasteiger partial charge in [-0.05, 0) is 37.6 Å². The molecule has 1 aliphatic rings. The van der Waals surface area contributed by atoms with Crippen molar-refractivity contribution in [2.75, 3.05) is 6.54 Å². The molecule has 1 N–H and O–H groups in total. The van der Waals surface area contributed by atoms with Crippen LogP contribution in [0, 0.1) is 0 Å². The number of fused-ring (bicyclic) bond motifs is 1. The van der Waals surface area contributed by atoms with E-state index in [0.29, 0.717) is 6.42 Å². The molecule has 0 unspecified atom stereocenters. The Balaban J connectivity index is 1.59. The summed E-state index contributed by atoms with van der Waals surface area (Å²) in [6, 6.07) is 5.88. The summed E-state index contributed by atoms with van der Waals surface area (Å²) in [6.45, 7) is 0.928. The number of Topliss-reactive ketones (excluding diaryl/α,β-unsaturated/α-hetero) is 1. The Labute approximate surface area is 146 Å². The molecule has 1 aliphatic heterocycles. The lowest BCUT2D eigenvalue weighted by Gasteiger charge is -2.22. The number of piperidine rings is 1. The van der Waals surface area contributed by atoms with Gasteiger partial charge in [0.15, 0.2) is 5.78 Å². The van der Waals surface area contributed by atoms with Crippen molar-refractivity contribution in [3.05, 3.63) is 42.5 Å². The molecule has 1 atom stereocenters. The molecule has 1 saturated heterocycles. The third-order valence-electron chi connectivity index (χ3n) is 4.69. The van der Waals surface area contributed by atoms with E-state index < -0.39 is 0 Å². The number of nitrogens with zero attached hydrogens (tertiary/aromatic N) is 4. The number of hydrogen-bond donors (Lipinski definition) is 1. The average molecular weight is 335 g/mol. The van der Waals surface area contributed by atoms with E-state index in [2.05, 4.69) is 15.4 Å². The van der Waals surface area contributed by atoms with Gasteiger partial charge < -0.3 is 5.32 Å². The van der Waals surface area contributed by atoms with E-state index in [-0.39, 0.29) is 11.8 Å². The Hall–Kier alpha value is -2.60. The van der Waals surface area contributed by atoms with Gasteiger partial charge in [0.1, 0.15) is 0 Å². The minimum Gasteiger partial charge on any atom is -0.307 e. The number of aryl methyl sites for hydroxylation is 1. The van der Waals surface area contributed by atoms with Gasteiger partial charge >= 0.3 is 0 Å². The molecule has 4 rings (SSSR count). The predicted molar refractivity (Wildman–Crippen MR) is 96.1 cm³/mol. The van der Waals surface area contributed by atoms with Crippen LogP contribution in [0.4, 0.5) is 0 Å². The number of carbonyl (C=O) groups is 1. The predicted octanol–water partition coefficient (Wildman–Crippen LogP) is 2.28. The third kappa shape index (κ3) is 3.44. The lowest BCUT2D eigenvalue weighted by Crippen LogP contribution is -2.41. The van der Waals surface area contributed by atoms with Gasteiger partial charge in [0.05, 0.1) is 29.9 Å². The Kier molecular flexibility index (Phi) is 4.28. The molecule has 6 nitrogen and oxygen atoms in total. The lowest BCUT2D eigenvalue weighted by molar-refractivity contribution is -0.121. The van der Waals surface area contributed by atoms with Crippen molar-refractivity contribution < 1.29 is 4.79 Å². The number of rotatable bonds is 4. The fraction of sp³-hybridized carbons (Fsp3) is 0.368. The molecule has 3 aromatic heterocycles. The summed E-state index contributed by atoms with van der Waals surface area (Å²) in [6.07, 6.45) is 9.08. The third-order valence-corrected chi connectivity index (χ3v) is 4.69. The fourth-order valence-corrected chi connectivity index (χ4v) is 3.30. The second-order valence-electron chi connectivity index (χ2n) is 6.61. The number of carbonyl (C=O) groups excluding carboxylic acids is 1. The number of hydrogen-bond acceptors (Lipinski definition) is 5. The summed E-state index contributed by atoms with van der Waals surface area (Å²) >= 11 is 0. The summed E-state index contributed by atoms with van der Waals surface area (Å²) in [5, 5.41) is 8.47. The Bertz CT molecular complexity index is 911. The smallest absolute Gasteiger partial charge is 0.155 e. The number of nitrogens with one attached hydrogen (secondary N) is 1. The topological polar surface area (TPSA) is 72.7 Å². The normalized spacial score (nSPS) is 17.7. The van der Waals surface area contributed by atoms with E-state index in [4.69, 9.17) is 4.98 Å². The van der Waals surface area contributed by atoms with Crippen LogP contribution in [-0.4, -0.2) is 38.1 Å². The molecule has 6 heteroatoms. The SMILES string of the molecule is Cn1cc(-c2ccc3cnc(CC(=O)[C@@H]4CCCCN4)cc3n2)cn1. The summed E-state index contributed by atoms with van der Waals surface area (Å²) < 4.78 is 1.76. The Morgan fingerprint density at radius 3 is 3.00 bits per heavy atom. The molecular formula is C19H21N5O. The minimum absolute atomic E-state index is 0.0269. The molecular weight excluding hydrogens is 314 g/mol. The second-order valence-corrected chi connectivity index (χ2v) is 6.61. The molecule has 0 spiro atoms. The van der Waals surface area contributed by atoms with Crippen LogP contribution in [0.15, 0.2) is 36.8 Å². The van der Waals surface area contributed by atoms with E-state index in [0.717, 1.165) is 53.7 Å². The van der Waals surface area contributed by atoms with Crippen molar-refractivity contribution in [2.24, 2.45) is 7.05 Å². The molecule has 0 aromatic carbocycles. The average Bonchev–Trinajstić information content (AvgIpc) is 3.08. The quantitative estimate of drug-likeness (QED) is 0.792. The van der Waals surface area contributed by atoms with E-state index in [1.54, 1.807) is 17.1 Å². The van der Waals surface area contributed by atoms with Crippen LogP contribution >= 0.6 is 0 Å². The Morgan fingerprint density at radius 1 is 1.32 bits per heavy atom. The maximum atomic E-state index is 12.5. The van der Waals surface area contributed by atoms with Crippen LogP contribution in [0.25, 0.3) is 22.2 Å². The summed E-state index contributed by atoms with van der Waals surface area (Å²) in [5.41, 5.74) is 3.49. The molecule has 0 bridgehead atoms. The first-order valence-electron chi connectivity index (χ1n) is 8.70. The summed E-state index contributed by atoms with van der Waals surface area (Å²) in [5.74, 6) is 0.218. The van der Waals surface area contributed by atoms with Crippen molar-refractivity contribution >= 4 is 16.7 Å². The summed E-state index contributed by atoms with van der Waals surface area (Å²) in [4.78, 5) is 21.6. The Morgan fingerprint density at radius 2 is 2.24 bits per heavy atom. The van der Waals surface area contributed by atoms with Crippen molar-refractivity contribution in [1.82, 2.24) is 25.1 Å². The number of ketones is 1. The zero-order valence-corrected chi connectivity index (χ0v) is 14.3. The maximum Gasteiger partial charge on any atom is 0.155 e. The van der Waals surface area contributed by atoms with Crippen LogP contribution in [-0.2, 0) is 18.3 Å². The monoisotopic (exact) mass is 335 g/mol. The van der Waals surface area contributed by atoms with Crippen molar-refractivity contribution in [2.45, 2.75) is 31.7 Å². The van der Waals surface area contributed by atoms with E-state index in [1.165, 1.54) is 0 Å². The molecule has 25 heavy (non-hydrogen) atoms. The lowest BCUT2D eigenvalue weighted by atomic mass is 9.98. The van der Waals surface area contributed by atoms with Gasteiger partial charge in [-0.15, -0.1) is 0 Å². The van der Waals surface area contributed by atoms with Crippen LogP contribution in [0.5, 0.6) is 0 Å². The second kappa shape index (κ2) is 6.72. The van der Waals surface area contributed by atoms with Crippen LogP contribution in [0.3, 0.4) is 0 Å². The molecule has 0 radical (unpaired) electrons. The molecule has 3 aromatic rings. The van der Waals surface area contributed by atoms with Gasteiger partial charge in [-0.25, -0.2) is 4.98 Å². The van der Waals surface area contributed by atoms with Gasteiger partial charge in [-0.2, -0.15) is 5.10 Å². The largest absolute Gasteiger partial charge is 0.307 e. The van der Waals surface area contributed by atoms with Gasteiger partial charge in [-0.3, -0.25) is 14.5 Å². The van der Waals surface area contributed by atoms with Crippen molar-refractivity contribution in [3.8, 4) is 11.3 Å². The molecule has 0 amide bonds. The molecule has 1 fully saturated rings. The van der Waals surface area contributed by atoms with E-state index in [9.17, 15) is 4.79 Å². The first-order chi connectivity index (χ1) is 12.2. The molecule has 0 saturated carbocycles. The molecule has 4 heterocycles. The minimum atomic E-state index is -0.0269. The maximum absolute atomic E-state index is 12.5. The van der Waals surface area contributed by atoms with Crippen molar-refractivity contribution in [3.63, 3.8) is 0 Å². The van der Waals surface area contributed by atoms with Gasteiger partial charge in [0.25, 0.3) is 0 Å². The van der Waals surface area contributed by atoms with E-state index >= 15 is 0 Å². The zero-order valence-electron chi connectivity index (χ0n) is 14.3. The van der Waals surface area contributed by atoms with Gasteiger partial charge in [-0.1, -0.05) is 6.42 Å². The summed E-state index contributed by atoms with van der Waals surface area (Å²) in [7, 11) is 1.89. The molecule has 0 aliphatic carbocycles. The molecule has 128 valence electrons. The number of aromatic nitrogens is 4. The number of pyridine rings is 2. The highest BCUT2D eigenvalue weighted by Crippen LogP contribution is 2.21. The van der Waals surface area contributed by atoms with Crippen molar-refractivity contribution in [1.29, 1.82) is 0 Å². The van der Waals surface area contributed by atoms with Gasteiger partial charge in [0, 0.05) is 36.1 Å². The highest BCUT2D eigenvalue weighted by atomic mass is 16.1. The first-order valence-corrected chi connectivity index (χ1v) is 8.70. The highest BCUT2D eigenvalue weighted by molar-refractivity contribution is 5.87. The zero-order chi connectivity index (χ0) is 17.2. The van der Waals surface area contributed by atoms with E-state index in [1.807, 2.05) is 31.4 Å². The van der Waals surface area contributed by atoms with Crippen LogP contribution < -0.4 is 5.32 Å². The fourth-order valence-electron chi connectivity index (χ4n) is 3.30. The van der Waals surface area contributed by atoms with Crippen LogP contribution in [0.2, 0.25) is 0 Å². The van der Waals surface area contributed by atoms with Crippen LogP contribution in [0.1, 0.15) is 25.0 Å². The van der Waals surface area contributed by atoms with Gasteiger partial charge in [0.2, 0.25) is 0 Å². The standard InChI is InChI=1S/C19H21N5O/c1-24-12-14(11-22-24)16-6-5-13-10-21-15(8-18(13)23-16)9-19(25)17-4-2-3-7-20-17/h5-6,8,10-12,17,20H,2-4,7,9H2,1H3/t17-/m0/s1. The first kappa shape index (κ1) is 15.9. The highest BCUT2D eigenvalue weighted by Gasteiger charge is 2.21.